The predicted molar refractivity (Wildman–Crippen MR) is 56.4 cm³/mol. The van der Waals surface area contributed by atoms with E-state index in [1.54, 1.807) is 18.2 Å². The van der Waals surface area contributed by atoms with Gasteiger partial charge in [-0.1, -0.05) is 15.9 Å². The third-order valence-corrected chi connectivity index (χ3v) is 2.46. The average molecular weight is 281 g/mol. The third kappa shape index (κ3) is 3.43. The molecule has 15 heavy (non-hydrogen) atoms. The van der Waals surface area contributed by atoms with Crippen molar-refractivity contribution in [3.8, 4) is 5.75 Å². The van der Waals surface area contributed by atoms with Crippen LogP contribution in [0.15, 0.2) is 22.7 Å². The van der Waals surface area contributed by atoms with Crippen LogP contribution in [0.25, 0.3) is 0 Å². The molecule has 0 fully saturated rings. The number of hydrogen-bond donors (Lipinski definition) is 1. The number of hydrogen-bond acceptors (Lipinski definition) is 2. The van der Waals surface area contributed by atoms with Crippen LogP contribution in [0.3, 0.4) is 0 Å². The first-order valence-electron chi connectivity index (χ1n) is 4.33. The summed E-state index contributed by atoms with van der Waals surface area (Å²) in [5.41, 5.74) is 0.555. The Labute approximate surface area is 95.0 Å². The molecule has 0 aliphatic heterocycles. The second-order valence-electron chi connectivity index (χ2n) is 3.06. The van der Waals surface area contributed by atoms with E-state index in [-0.39, 0.29) is 6.42 Å². The van der Waals surface area contributed by atoms with Crippen LogP contribution in [0, 0.1) is 0 Å². The third-order valence-electron chi connectivity index (χ3n) is 1.96. The first-order valence-corrected chi connectivity index (χ1v) is 5.12. The zero-order chi connectivity index (χ0) is 11.4. The molecule has 1 unspecified atom stereocenters. The zero-order valence-electron chi connectivity index (χ0n) is 8.08. The lowest BCUT2D eigenvalue weighted by Gasteiger charge is -2.12. The summed E-state index contributed by atoms with van der Waals surface area (Å²) in [5, 5.41) is 9.07. The lowest BCUT2D eigenvalue weighted by Crippen LogP contribution is -2.20. The van der Waals surface area contributed by atoms with E-state index in [0.29, 0.717) is 11.3 Å². The van der Waals surface area contributed by atoms with Crippen LogP contribution in [-0.4, -0.2) is 24.7 Å². The Morgan fingerprint density at radius 1 is 1.47 bits per heavy atom. The minimum absolute atomic E-state index is 0.125. The number of benzene rings is 1. The van der Waals surface area contributed by atoms with E-state index in [2.05, 4.69) is 15.9 Å². The molecule has 0 radical (unpaired) electrons. The Kier molecular flexibility index (Phi) is 4.47. The van der Waals surface area contributed by atoms with Crippen molar-refractivity contribution in [3.63, 3.8) is 0 Å². The summed E-state index contributed by atoms with van der Waals surface area (Å²) in [6.45, 7) is 0. The van der Waals surface area contributed by atoms with Crippen LogP contribution in [-0.2, 0) is 6.42 Å². The van der Waals surface area contributed by atoms with Gasteiger partial charge in [-0.05, 0) is 23.8 Å². The van der Waals surface area contributed by atoms with E-state index in [9.17, 15) is 8.78 Å². The predicted octanol–water partition coefficient (Wildman–Crippen LogP) is 2.63. The Balaban J connectivity index is 2.87. The summed E-state index contributed by atoms with van der Waals surface area (Å²) in [7, 11) is 1.46. The second-order valence-corrected chi connectivity index (χ2v) is 3.98. The van der Waals surface area contributed by atoms with Crippen LogP contribution in [0.1, 0.15) is 5.56 Å². The number of methoxy groups -OCH3 is 1. The monoisotopic (exact) mass is 280 g/mol. The van der Waals surface area contributed by atoms with Crippen molar-refractivity contribution in [1.82, 2.24) is 0 Å². The van der Waals surface area contributed by atoms with Gasteiger partial charge in [0.15, 0.2) is 0 Å². The van der Waals surface area contributed by atoms with Gasteiger partial charge in [-0.3, -0.25) is 0 Å². The van der Waals surface area contributed by atoms with Gasteiger partial charge in [0, 0.05) is 10.9 Å². The Hall–Kier alpha value is -0.680. The van der Waals surface area contributed by atoms with Crippen molar-refractivity contribution < 1.29 is 18.6 Å². The van der Waals surface area contributed by atoms with Crippen LogP contribution in [0.5, 0.6) is 5.75 Å². The molecule has 0 bridgehead atoms. The smallest absolute Gasteiger partial charge is 0.264 e. The summed E-state index contributed by atoms with van der Waals surface area (Å²) in [4.78, 5) is 0. The van der Waals surface area contributed by atoms with Gasteiger partial charge in [0.1, 0.15) is 11.9 Å². The average Bonchev–Trinajstić information content (AvgIpc) is 2.18. The highest BCUT2D eigenvalue weighted by Crippen LogP contribution is 2.25. The van der Waals surface area contributed by atoms with Crippen LogP contribution >= 0.6 is 15.9 Å². The van der Waals surface area contributed by atoms with Crippen LogP contribution in [0.4, 0.5) is 8.78 Å². The number of aliphatic hydroxyl groups is 1. The molecule has 1 aromatic carbocycles. The Bertz CT molecular complexity index is 331. The van der Waals surface area contributed by atoms with Gasteiger partial charge in [0.05, 0.1) is 7.11 Å². The number of alkyl halides is 2. The standard InChI is InChI=1S/C10H11BrF2O2/c1-15-9-3-2-7(11)4-6(9)5-8(14)10(12)13/h2-4,8,10,14H,5H2,1H3. The van der Waals surface area contributed by atoms with Gasteiger partial charge in [0.2, 0.25) is 0 Å². The fourth-order valence-electron chi connectivity index (χ4n) is 1.22. The molecule has 84 valence electrons. The van der Waals surface area contributed by atoms with Crippen molar-refractivity contribution in [2.75, 3.05) is 7.11 Å². The summed E-state index contributed by atoms with van der Waals surface area (Å²) in [6, 6.07) is 5.07. The molecular weight excluding hydrogens is 270 g/mol. The van der Waals surface area contributed by atoms with Gasteiger partial charge in [0.25, 0.3) is 6.43 Å². The maximum Gasteiger partial charge on any atom is 0.264 e. The van der Waals surface area contributed by atoms with E-state index in [1.165, 1.54) is 7.11 Å². The van der Waals surface area contributed by atoms with Crippen LogP contribution in [0.2, 0.25) is 0 Å². The molecule has 1 rings (SSSR count). The van der Waals surface area contributed by atoms with Gasteiger partial charge in [-0.15, -0.1) is 0 Å². The largest absolute Gasteiger partial charge is 0.496 e. The highest BCUT2D eigenvalue weighted by atomic mass is 79.9. The van der Waals surface area contributed by atoms with Crippen molar-refractivity contribution in [2.45, 2.75) is 19.0 Å². The molecule has 0 amide bonds. The normalized spacial score (nSPS) is 12.9. The SMILES string of the molecule is COc1ccc(Br)cc1CC(O)C(F)F. The Morgan fingerprint density at radius 3 is 2.67 bits per heavy atom. The van der Waals surface area contributed by atoms with E-state index < -0.39 is 12.5 Å². The molecule has 0 saturated heterocycles. The summed E-state index contributed by atoms with van der Waals surface area (Å²) in [5.74, 6) is 0.498. The number of halogens is 3. The van der Waals surface area contributed by atoms with E-state index in [0.717, 1.165) is 4.47 Å². The highest BCUT2D eigenvalue weighted by Gasteiger charge is 2.19. The van der Waals surface area contributed by atoms with Crippen LogP contribution < -0.4 is 4.74 Å². The molecule has 5 heteroatoms. The zero-order valence-corrected chi connectivity index (χ0v) is 9.67. The minimum Gasteiger partial charge on any atom is -0.496 e. The maximum atomic E-state index is 12.1. The van der Waals surface area contributed by atoms with Gasteiger partial charge in [-0.2, -0.15) is 0 Å². The molecule has 0 saturated carbocycles. The first kappa shape index (κ1) is 12.4. The lowest BCUT2D eigenvalue weighted by atomic mass is 10.1. The summed E-state index contributed by atoms with van der Waals surface area (Å²) in [6.07, 6.45) is -4.53. The quantitative estimate of drug-likeness (QED) is 0.919. The molecule has 2 nitrogen and oxygen atoms in total. The van der Waals surface area contributed by atoms with Gasteiger partial charge in [-0.25, -0.2) is 8.78 Å². The van der Waals surface area contributed by atoms with Gasteiger partial charge < -0.3 is 9.84 Å². The van der Waals surface area contributed by atoms with Crippen molar-refractivity contribution >= 4 is 15.9 Å². The van der Waals surface area contributed by atoms with Crippen molar-refractivity contribution in [3.05, 3.63) is 28.2 Å². The Morgan fingerprint density at radius 2 is 2.13 bits per heavy atom. The number of aliphatic hydroxyl groups excluding tert-OH is 1. The molecule has 0 aliphatic rings. The molecule has 0 aromatic heterocycles. The molecular formula is C10H11BrF2O2. The fourth-order valence-corrected chi connectivity index (χ4v) is 1.63. The number of rotatable bonds is 4. The van der Waals surface area contributed by atoms with Crippen molar-refractivity contribution in [1.29, 1.82) is 0 Å². The lowest BCUT2D eigenvalue weighted by molar-refractivity contribution is -0.00390. The van der Waals surface area contributed by atoms with Crippen molar-refractivity contribution in [2.24, 2.45) is 0 Å². The van der Waals surface area contributed by atoms with E-state index in [4.69, 9.17) is 9.84 Å². The molecule has 1 N–H and O–H groups in total. The summed E-state index contributed by atoms with van der Waals surface area (Å²) < 4.78 is 30.1. The molecule has 1 aromatic rings. The summed E-state index contributed by atoms with van der Waals surface area (Å²) >= 11 is 3.23. The fraction of sp³-hybridized carbons (Fsp3) is 0.400. The molecule has 1 atom stereocenters. The minimum atomic E-state index is -2.74. The van der Waals surface area contributed by atoms with Gasteiger partial charge >= 0.3 is 0 Å². The first-order chi connectivity index (χ1) is 7.04. The topological polar surface area (TPSA) is 29.5 Å². The van der Waals surface area contributed by atoms with E-state index in [1.807, 2.05) is 0 Å². The second kappa shape index (κ2) is 5.42. The maximum absolute atomic E-state index is 12.1. The molecule has 0 heterocycles. The number of ether oxygens (including phenoxy) is 1. The molecule has 0 spiro atoms. The molecule has 0 aliphatic carbocycles. The highest BCUT2D eigenvalue weighted by molar-refractivity contribution is 9.10. The van der Waals surface area contributed by atoms with E-state index >= 15 is 0 Å².